The molecule has 0 saturated carbocycles. The molecule has 2 fully saturated rings. The highest BCUT2D eigenvalue weighted by atomic mass is 79.9. The van der Waals surface area contributed by atoms with Crippen molar-refractivity contribution in [1.29, 1.82) is 0 Å². The number of fused-ring (bicyclic) bond motifs is 1. The van der Waals surface area contributed by atoms with E-state index >= 15 is 0 Å². The Hall–Kier alpha value is -1.01. The zero-order valence-corrected chi connectivity index (χ0v) is 12.4. The zero-order chi connectivity index (χ0) is 14.3. The molecule has 2 atom stereocenters. The summed E-state index contributed by atoms with van der Waals surface area (Å²) in [5, 5.41) is 3.30. The smallest absolute Gasteiger partial charge is 0.259 e. The van der Waals surface area contributed by atoms with Gasteiger partial charge in [-0.2, -0.15) is 0 Å². The molecule has 0 radical (unpaired) electrons. The average Bonchev–Trinajstić information content (AvgIpc) is 2.84. The van der Waals surface area contributed by atoms with Crippen LogP contribution in [0.1, 0.15) is 16.8 Å². The van der Waals surface area contributed by atoms with E-state index in [2.05, 4.69) is 21.2 Å². The molecule has 0 aliphatic carbocycles. The SMILES string of the molecule is O=C(c1c(F)cc(Br)cc1F)N1CCC2CNCC2C1. The topological polar surface area (TPSA) is 32.3 Å². The Balaban J connectivity index is 1.82. The predicted octanol–water partition coefficient (Wildman–Crippen LogP) is 2.41. The summed E-state index contributed by atoms with van der Waals surface area (Å²) < 4.78 is 28.0. The normalized spacial score (nSPS) is 25.6. The molecule has 0 bridgehead atoms. The number of benzene rings is 1. The molecule has 0 aromatic heterocycles. The Labute approximate surface area is 124 Å². The lowest BCUT2D eigenvalue weighted by Gasteiger charge is -2.34. The minimum atomic E-state index is -0.812. The second kappa shape index (κ2) is 5.41. The molecule has 6 heteroatoms. The highest BCUT2D eigenvalue weighted by molar-refractivity contribution is 9.10. The maximum atomic E-state index is 13.9. The van der Waals surface area contributed by atoms with Crippen LogP contribution in [-0.4, -0.2) is 37.0 Å². The number of nitrogens with one attached hydrogen (secondary N) is 1. The van der Waals surface area contributed by atoms with Crippen LogP contribution < -0.4 is 5.32 Å². The Morgan fingerprint density at radius 3 is 2.60 bits per heavy atom. The van der Waals surface area contributed by atoms with E-state index in [0.717, 1.165) is 31.6 Å². The number of nitrogens with zero attached hydrogens (tertiary/aromatic N) is 1. The van der Waals surface area contributed by atoms with Crippen molar-refractivity contribution in [3.8, 4) is 0 Å². The van der Waals surface area contributed by atoms with Gasteiger partial charge in [-0.25, -0.2) is 8.78 Å². The molecule has 108 valence electrons. The van der Waals surface area contributed by atoms with Gasteiger partial charge in [0, 0.05) is 17.6 Å². The third-order valence-electron chi connectivity index (χ3n) is 4.21. The summed E-state index contributed by atoms with van der Waals surface area (Å²) >= 11 is 3.02. The monoisotopic (exact) mass is 344 g/mol. The van der Waals surface area contributed by atoms with E-state index in [9.17, 15) is 13.6 Å². The van der Waals surface area contributed by atoms with Crippen molar-refractivity contribution in [2.45, 2.75) is 6.42 Å². The van der Waals surface area contributed by atoms with Gasteiger partial charge in [0.05, 0.1) is 0 Å². The van der Waals surface area contributed by atoms with Crippen LogP contribution in [0.4, 0.5) is 8.78 Å². The van der Waals surface area contributed by atoms with Gasteiger partial charge in [0.2, 0.25) is 0 Å². The van der Waals surface area contributed by atoms with Crippen LogP contribution >= 0.6 is 15.9 Å². The molecule has 2 aliphatic rings. The van der Waals surface area contributed by atoms with Crippen LogP contribution in [0.3, 0.4) is 0 Å². The van der Waals surface area contributed by atoms with Crippen molar-refractivity contribution >= 4 is 21.8 Å². The maximum Gasteiger partial charge on any atom is 0.259 e. The first-order valence-corrected chi connectivity index (χ1v) is 7.50. The molecule has 0 spiro atoms. The van der Waals surface area contributed by atoms with Crippen LogP contribution in [0.15, 0.2) is 16.6 Å². The van der Waals surface area contributed by atoms with Gasteiger partial charge in [0.1, 0.15) is 17.2 Å². The quantitative estimate of drug-likeness (QED) is 0.848. The van der Waals surface area contributed by atoms with Crippen molar-refractivity contribution < 1.29 is 13.6 Å². The minimum Gasteiger partial charge on any atom is -0.338 e. The molecule has 20 heavy (non-hydrogen) atoms. The van der Waals surface area contributed by atoms with E-state index in [4.69, 9.17) is 0 Å². The van der Waals surface area contributed by atoms with E-state index in [1.165, 1.54) is 0 Å². The van der Waals surface area contributed by atoms with Crippen LogP contribution in [0.25, 0.3) is 0 Å². The number of hydrogen-bond acceptors (Lipinski definition) is 2. The number of rotatable bonds is 1. The van der Waals surface area contributed by atoms with Gasteiger partial charge >= 0.3 is 0 Å². The Morgan fingerprint density at radius 2 is 1.90 bits per heavy atom. The maximum absolute atomic E-state index is 13.9. The second-order valence-electron chi connectivity index (χ2n) is 5.46. The lowest BCUT2D eigenvalue weighted by Crippen LogP contribution is -2.44. The summed E-state index contributed by atoms with van der Waals surface area (Å²) in [5.74, 6) is -1.19. The van der Waals surface area contributed by atoms with E-state index in [0.29, 0.717) is 29.4 Å². The van der Waals surface area contributed by atoms with Gasteiger partial charge in [-0.05, 0) is 43.5 Å². The molecule has 2 saturated heterocycles. The zero-order valence-electron chi connectivity index (χ0n) is 10.8. The third kappa shape index (κ3) is 2.46. The summed E-state index contributed by atoms with van der Waals surface area (Å²) in [7, 11) is 0. The number of likely N-dealkylation sites (tertiary alicyclic amines) is 1. The molecule has 3 nitrogen and oxygen atoms in total. The van der Waals surface area contributed by atoms with Gasteiger partial charge in [0.15, 0.2) is 0 Å². The molecule has 2 unspecified atom stereocenters. The lowest BCUT2D eigenvalue weighted by molar-refractivity contribution is 0.0632. The average molecular weight is 345 g/mol. The van der Waals surface area contributed by atoms with Gasteiger partial charge < -0.3 is 10.2 Å². The van der Waals surface area contributed by atoms with Crippen LogP contribution in [0.2, 0.25) is 0 Å². The number of hydrogen-bond donors (Lipinski definition) is 1. The molecular weight excluding hydrogens is 330 g/mol. The standard InChI is InChI=1S/C14H15BrF2N2O/c15-10-3-11(16)13(12(17)4-10)14(20)19-2-1-8-5-18-6-9(8)7-19/h3-4,8-9,18H,1-2,5-7H2. The predicted molar refractivity (Wildman–Crippen MR) is 74.4 cm³/mol. The van der Waals surface area contributed by atoms with Crippen molar-refractivity contribution in [3.63, 3.8) is 0 Å². The molecule has 1 N–H and O–H groups in total. The molecule has 1 aromatic rings. The van der Waals surface area contributed by atoms with Gasteiger partial charge in [-0.3, -0.25) is 4.79 Å². The fourth-order valence-electron chi connectivity index (χ4n) is 3.12. The van der Waals surface area contributed by atoms with E-state index in [1.54, 1.807) is 4.90 Å². The second-order valence-corrected chi connectivity index (χ2v) is 6.38. The van der Waals surface area contributed by atoms with E-state index in [-0.39, 0.29) is 0 Å². The summed E-state index contributed by atoms with van der Waals surface area (Å²) in [4.78, 5) is 13.9. The van der Waals surface area contributed by atoms with Crippen molar-refractivity contribution in [2.24, 2.45) is 11.8 Å². The molecule has 1 aromatic carbocycles. The molecule has 3 rings (SSSR count). The Kier molecular flexibility index (Phi) is 3.77. The van der Waals surface area contributed by atoms with Crippen LogP contribution in [0.5, 0.6) is 0 Å². The van der Waals surface area contributed by atoms with Gasteiger partial charge in [-0.15, -0.1) is 0 Å². The largest absolute Gasteiger partial charge is 0.338 e. The number of amides is 1. The fourth-order valence-corrected chi connectivity index (χ4v) is 3.53. The number of halogens is 3. The molecular formula is C14H15BrF2N2O. The van der Waals surface area contributed by atoms with Crippen LogP contribution in [0, 0.1) is 23.5 Å². The Morgan fingerprint density at radius 1 is 1.25 bits per heavy atom. The number of carbonyl (C=O) groups is 1. The summed E-state index contributed by atoms with van der Waals surface area (Å²) in [5.41, 5.74) is -0.447. The Bertz CT molecular complexity index is 529. The fraction of sp³-hybridized carbons (Fsp3) is 0.500. The number of piperidine rings is 1. The molecule has 2 aliphatic heterocycles. The first-order chi connectivity index (χ1) is 9.56. The summed E-state index contributed by atoms with van der Waals surface area (Å²) in [6.07, 6.45) is 0.892. The minimum absolute atomic E-state index is 0.294. The molecule has 1 amide bonds. The highest BCUT2D eigenvalue weighted by Gasteiger charge is 2.36. The van der Waals surface area contributed by atoms with Crippen LogP contribution in [-0.2, 0) is 0 Å². The highest BCUT2D eigenvalue weighted by Crippen LogP contribution is 2.28. The van der Waals surface area contributed by atoms with Gasteiger partial charge in [-0.1, -0.05) is 15.9 Å². The first-order valence-electron chi connectivity index (χ1n) is 6.71. The van der Waals surface area contributed by atoms with Crippen molar-refractivity contribution in [1.82, 2.24) is 10.2 Å². The number of carbonyl (C=O) groups excluding carboxylic acids is 1. The summed E-state index contributed by atoms with van der Waals surface area (Å²) in [6, 6.07) is 2.25. The molecule has 2 heterocycles. The third-order valence-corrected chi connectivity index (χ3v) is 4.67. The van der Waals surface area contributed by atoms with E-state index < -0.39 is 23.1 Å². The van der Waals surface area contributed by atoms with Crippen molar-refractivity contribution in [3.05, 3.63) is 33.8 Å². The first kappa shape index (κ1) is 13.9. The lowest BCUT2D eigenvalue weighted by atomic mass is 9.88. The van der Waals surface area contributed by atoms with E-state index in [1.807, 2.05) is 0 Å². The summed E-state index contributed by atoms with van der Waals surface area (Å²) in [6.45, 7) is 3.00. The van der Waals surface area contributed by atoms with Gasteiger partial charge in [0.25, 0.3) is 5.91 Å². The van der Waals surface area contributed by atoms with Crippen molar-refractivity contribution in [2.75, 3.05) is 26.2 Å².